The van der Waals surface area contributed by atoms with E-state index in [9.17, 15) is 4.79 Å². The first kappa shape index (κ1) is 11.3. The van der Waals surface area contributed by atoms with Crippen LogP contribution in [0.25, 0.3) is 11.0 Å². The molecular weight excluding hydrogens is 228 g/mol. The van der Waals surface area contributed by atoms with Crippen LogP contribution in [-0.2, 0) is 4.79 Å². The average molecular weight is 244 g/mol. The van der Waals surface area contributed by atoms with Crippen molar-refractivity contribution in [3.05, 3.63) is 30.5 Å². The molecule has 1 aromatic carbocycles. The normalized spacial score (nSPS) is 19.2. The molecule has 1 amide bonds. The first-order chi connectivity index (χ1) is 8.83. The van der Waals surface area contributed by atoms with Crippen molar-refractivity contribution in [1.82, 2.24) is 5.32 Å². The van der Waals surface area contributed by atoms with Crippen molar-refractivity contribution in [2.75, 3.05) is 18.4 Å². The number of furan rings is 1. The van der Waals surface area contributed by atoms with Crippen LogP contribution in [0.1, 0.15) is 12.8 Å². The predicted molar refractivity (Wildman–Crippen MR) is 70.4 cm³/mol. The number of para-hydroxylation sites is 1. The van der Waals surface area contributed by atoms with Gasteiger partial charge in [-0.1, -0.05) is 12.1 Å². The maximum Gasteiger partial charge on any atom is 0.224 e. The van der Waals surface area contributed by atoms with Crippen molar-refractivity contribution in [1.29, 1.82) is 0 Å². The number of rotatable bonds is 3. The van der Waals surface area contributed by atoms with Gasteiger partial charge < -0.3 is 15.1 Å². The molecule has 0 aliphatic carbocycles. The molecule has 18 heavy (non-hydrogen) atoms. The van der Waals surface area contributed by atoms with Crippen LogP contribution in [0.2, 0.25) is 0 Å². The first-order valence-corrected chi connectivity index (χ1v) is 6.30. The lowest BCUT2D eigenvalue weighted by Gasteiger charge is -2.07. The Morgan fingerprint density at radius 2 is 2.33 bits per heavy atom. The van der Waals surface area contributed by atoms with E-state index in [0.717, 1.165) is 36.2 Å². The average Bonchev–Trinajstić information content (AvgIpc) is 3.00. The van der Waals surface area contributed by atoms with Gasteiger partial charge in [-0.2, -0.15) is 0 Å². The molecule has 1 saturated heterocycles. The number of fused-ring (bicyclic) bond motifs is 1. The number of amides is 1. The molecule has 1 atom stereocenters. The van der Waals surface area contributed by atoms with Gasteiger partial charge in [-0.05, 0) is 37.6 Å². The first-order valence-electron chi connectivity index (χ1n) is 6.30. The van der Waals surface area contributed by atoms with Gasteiger partial charge in [0.25, 0.3) is 0 Å². The topological polar surface area (TPSA) is 54.3 Å². The van der Waals surface area contributed by atoms with Gasteiger partial charge in [0.05, 0.1) is 5.69 Å². The van der Waals surface area contributed by atoms with E-state index in [1.54, 1.807) is 6.26 Å². The highest BCUT2D eigenvalue weighted by atomic mass is 16.3. The van der Waals surface area contributed by atoms with Crippen molar-refractivity contribution in [3.8, 4) is 0 Å². The summed E-state index contributed by atoms with van der Waals surface area (Å²) in [5.74, 6) is 0.526. The quantitative estimate of drug-likeness (QED) is 0.871. The molecule has 2 aromatic rings. The molecule has 1 aliphatic heterocycles. The molecule has 1 fully saturated rings. The Labute approximate surface area is 105 Å². The van der Waals surface area contributed by atoms with Crippen molar-refractivity contribution in [3.63, 3.8) is 0 Å². The Morgan fingerprint density at radius 1 is 1.44 bits per heavy atom. The van der Waals surface area contributed by atoms with Gasteiger partial charge in [-0.3, -0.25) is 4.79 Å². The second kappa shape index (κ2) is 4.82. The van der Waals surface area contributed by atoms with E-state index < -0.39 is 0 Å². The van der Waals surface area contributed by atoms with Crippen LogP contribution in [-0.4, -0.2) is 19.0 Å². The van der Waals surface area contributed by atoms with E-state index in [2.05, 4.69) is 10.6 Å². The Kier molecular flexibility index (Phi) is 3.02. The van der Waals surface area contributed by atoms with E-state index >= 15 is 0 Å². The van der Waals surface area contributed by atoms with E-state index in [0.29, 0.717) is 12.3 Å². The Hall–Kier alpha value is -1.81. The molecule has 2 N–H and O–H groups in total. The zero-order valence-electron chi connectivity index (χ0n) is 10.1. The molecule has 1 unspecified atom stereocenters. The predicted octanol–water partition coefficient (Wildman–Crippen LogP) is 2.37. The minimum absolute atomic E-state index is 0.0650. The van der Waals surface area contributed by atoms with Crippen molar-refractivity contribution < 1.29 is 9.21 Å². The third-order valence-corrected chi connectivity index (χ3v) is 3.39. The highest BCUT2D eigenvalue weighted by molar-refractivity contribution is 6.00. The second-order valence-corrected chi connectivity index (χ2v) is 4.76. The summed E-state index contributed by atoms with van der Waals surface area (Å²) in [7, 11) is 0. The summed E-state index contributed by atoms with van der Waals surface area (Å²) >= 11 is 0. The lowest BCUT2D eigenvalue weighted by atomic mass is 10.0. The summed E-state index contributed by atoms with van der Waals surface area (Å²) in [4.78, 5) is 11.9. The minimum atomic E-state index is 0.0650. The van der Waals surface area contributed by atoms with Gasteiger partial charge in [-0.25, -0.2) is 0 Å². The zero-order chi connectivity index (χ0) is 12.4. The summed E-state index contributed by atoms with van der Waals surface area (Å²) in [6.45, 7) is 1.96. The fourth-order valence-corrected chi connectivity index (χ4v) is 2.43. The maximum atomic E-state index is 11.9. The van der Waals surface area contributed by atoms with Crippen LogP contribution >= 0.6 is 0 Å². The fourth-order valence-electron chi connectivity index (χ4n) is 2.43. The lowest BCUT2D eigenvalue weighted by Crippen LogP contribution is -2.18. The second-order valence-electron chi connectivity index (χ2n) is 4.76. The zero-order valence-corrected chi connectivity index (χ0v) is 10.1. The standard InChI is InChI=1S/C14H16N2O2/c17-14(7-10-5-6-15-8-10)16-12-9-18-13-4-2-1-3-11(12)13/h1-4,9-10,15H,5-8H2,(H,16,17). The SMILES string of the molecule is O=C(CC1CCNC1)Nc1coc2ccccc12. The molecule has 4 heteroatoms. The molecule has 0 spiro atoms. The van der Waals surface area contributed by atoms with Crippen LogP contribution < -0.4 is 10.6 Å². The number of carbonyl (C=O) groups is 1. The van der Waals surface area contributed by atoms with Gasteiger partial charge >= 0.3 is 0 Å². The van der Waals surface area contributed by atoms with Crippen molar-refractivity contribution in [2.24, 2.45) is 5.92 Å². The number of nitrogens with one attached hydrogen (secondary N) is 2. The number of benzene rings is 1. The number of anilines is 1. The van der Waals surface area contributed by atoms with Crippen molar-refractivity contribution in [2.45, 2.75) is 12.8 Å². The van der Waals surface area contributed by atoms with E-state index in [-0.39, 0.29) is 5.91 Å². The maximum absolute atomic E-state index is 11.9. The van der Waals surface area contributed by atoms with Crippen LogP contribution in [0.4, 0.5) is 5.69 Å². The number of hydrogen-bond acceptors (Lipinski definition) is 3. The van der Waals surface area contributed by atoms with Crippen LogP contribution in [0.15, 0.2) is 34.9 Å². The monoisotopic (exact) mass is 244 g/mol. The number of carbonyl (C=O) groups excluding carboxylic acids is 1. The summed E-state index contributed by atoms with van der Waals surface area (Å²) < 4.78 is 5.39. The summed E-state index contributed by atoms with van der Waals surface area (Å²) in [6.07, 6.45) is 3.27. The highest BCUT2D eigenvalue weighted by Crippen LogP contribution is 2.25. The Bertz CT molecular complexity index is 556. The van der Waals surface area contributed by atoms with Crippen molar-refractivity contribution >= 4 is 22.6 Å². The molecule has 1 aromatic heterocycles. The molecular formula is C14H16N2O2. The van der Waals surface area contributed by atoms with Crippen LogP contribution in [0, 0.1) is 5.92 Å². The summed E-state index contributed by atoms with van der Waals surface area (Å²) in [6, 6.07) is 7.70. The van der Waals surface area contributed by atoms with Gasteiger partial charge in [0.2, 0.25) is 5.91 Å². The molecule has 2 heterocycles. The third kappa shape index (κ3) is 2.24. The smallest absolute Gasteiger partial charge is 0.224 e. The molecule has 0 saturated carbocycles. The number of hydrogen-bond donors (Lipinski definition) is 2. The lowest BCUT2D eigenvalue weighted by molar-refractivity contribution is -0.116. The van der Waals surface area contributed by atoms with E-state index in [4.69, 9.17) is 4.42 Å². The van der Waals surface area contributed by atoms with Crippen LogP contribution in [0.3, 0.4) is 0 Å². The van der Waals surface area contributed by atoms with E-state index in [1.165, 1.54) is 0 Å². The minimum Gasteiger partial charge on any atom is -0.462 e. The molecule has 94 valence electrons. The Morgan fingerprint density at radius 3 is 3.17 bits per heavy atom. The highest BCUT2D eigenvalue weighted by Gasteiger charge is 2.18. The van der Waals surface area contributed by atoms with Gasteiger partial charge in [0.15, 0.2) is 0 Å². The molecule has 0 radical (unpaired) electrons. The Balaban J connectivity index is 1.70. The van der Waals surface area contributed by atoms with Gasteiger partial charge in [-0.15, -0.1) is 0 Å². The van der Waals surface area contributed by atoms with Crippen LogP contribution in [0.5, 0.6) is 0 Å². The molecule has 0 bridgehead atoms. The molecule has 4 nitrogen and oxygen atoms in total. The molecule has 3 rings (SSSR count). The molecule has 1 aliphatic rings. The fraction of sp³-hybridized carbons (Fsp3) is 0.357. The van der Waals surface area contributed by atoms with E-state index in [1.807, 2.05) is 24.3 Å². The third-order valence-electron chi connectivity index (χ3n) is 3.39. The largest absolute Gasteiger partial charge is 0.462 e. The summed E-state index contributed by atoms with van der Waals surface area (Å²) in [5.41, 5.74) is 1.57. The van der Waals surface area contributed by atoms with Gasteiger partial charge in [0, 0.05) is 11.8 Å². The summed E-state index contributed by atoms with van der Waals surface area (Å²) in [5, 5.41) is 7.15. The van der Waals surface area contributed by atoms with Gasteiger partial charge in [0.1, 0.15) is 11.8 Å².